The Hall–Kier alpha value is -2.22. The Morgan fingerprint density at radius 1 is 1.00 bits per heavy atom. The highest BCUT2D eigenvalue weighted by Gasteiger charge is 2.19. The zero-order chi connectivity index (χ0) is 12.4. The van der Waals surface area contributed by atoms with Crippen LogP contribution in [0, 0.1) is 0 Å². The van der Waals surface area contributed by atoms with Crippen LogP contribution in [0.5, 0.6) is 11.5 Å². The standard InChI is InChI=1S/C16H14O2/c1-17-14-8-5-9-15-16(14)13(10-11-18-15)12-6-3-2-4-7-12/h2-10H,11H2,1H3. The van der Waals surface area contributed by atoms with Gasteiger partial charge in [0.1, 0.15) is 18.1 Å². The lowest BCUT2D eigenvalue weighted by atomic mass is 9.95. The van der Waals surface area contributed by atoms with Crippen LogP contribution in [0.4, 0.5) is 0 Å². The normalized spacial score (nSPS) is 13.3. The summed E-state index contributed by atoms with van der Waals surface area (Å²) < 4.78 is 11.1. The molecule has 0 atom stereocenters. The van der Waals surface area contributed by atoms with Crippen LogP contribution in [0.2, 0.25) is 0 Å². The quantitative estimate of drug-likeness (QED) is 0.797. The van der Waals surface area contributed by atoms with Crippen LogP contribution in [-0.4, -0.2) is 13.7 Å². The van der Waals surface area contributed by atoms with E-state index in [1.165, 1.54) is 11.1 Å². The summed E-state index contributed by atoms with van der Waals surface area (Å²) in [7, 11) is 1.69. The molecular formula is C16H14O2. The summed E-state index contributed by atoms with van der Waals surface area (Å²) in [6.45, 7) is 0.602. The second-order valence-corrected chi connectivity index (χ2v) is 4.13. The topological polar surface area (TPSA) is 18.5 Å². The molecule has 0 fully saturated rings. The lowest BCUT2D eigenvalue weighted by molar-refractivity contribution is 0.350. The van der Waals surface area contributed by atoms with Crippen molar-refractivity contribution in [2.24, 2.45) is 0 Å². The zero-order valence-electron chi connectivity index (χ0n) is 10.2. The number of methoxy groups -OCH3 is 1. The predicted octanol–water partition coefficient (Wildman–Crippen LogP) is 3.52. The Morgan fingerprint density at radius 3 is 2.61 bits per heavy atom. The van der Waals surface area contributed by atoms with Crippen molar-refractivity contribution in [2.75, 3.05) is 13.7 Å². The van der Waals surface area contributed by atoms with Crippen LogP contribution < -0.4 is 9.47 Å². The van der Waals surface area contributed by atoms with Gasteiger partial charge in [-0.15, -0.1) is 0 Å². The van der Waals surface area contributed by atoms with Gasteiger partial charge in [0.15, 0.2) is 0 Å². The molecule has 18 heavy (non-hydrogen) atoms. The lowest BCUT2D eigenvalue weighted by Gasteiger charge is -2.21. The van der Waals surface area contributed by atoms with Gasteiger partial charge in [-0.2, -0.15) is 0 Å². The van der Waals surface area contributed by atoms with Crippen molar-refractivity contribution < 1.29 is 9.47 Å². The van der Waals surface area contributed by atoms with Gasteiger partial charge in [-0.05, 0) is 29.3 Å². The van der Waals surface area contributed by atoms with Gasteiger partial charge < -0.3 is 9.47 Å². The lowest BCUT2D eigenvalue weighted by Crippen LogP contribution is -2.06. The summed E-state index contributed by atoms with van der Waals surface area (Å²) in [5.74, 6) is 1.73. The van der Waals surface area contributed by atoms with Crippen molar-refractivity contribution in [3.05, 3.63) is 65.7 Å². The van der Waals surface area contributed by atoms with Gasteiger partial charge in [-0.1, -0.05) is 36.4 Å². The van der Waals surface area contributed by atoms with Crippen LogP contribution >= 0.6 is 0 Å². The van der Waals surface area contributed by atoms with E-state index >= 15 is 0 Å². The largest absolute Gasteiger partial charge is 0.496 e. The molecule has 1 aliphatic rings. The molecule has 90 valence electrons. The Labute approximate surface area is 106 Å². The fourth-order valence-corrected chi connectivity index (χ4v) is 2.26. The average Bonchev–Trinajstić information content (AvgIpc) is 2.47. The van der Waals surface area contributed by atoms with E-state index in [0.717, 1.165) is 17.1 Å². The molecule has 0 spiro atoms. The molecule has 2 aromatic carbocycles. The van der Waals surface area contributed by atoms with Crippen molar-refractivity contribution in [1.82, 2.24) is 0 Å². The molecule has 0 saturated heterocycles. The number of benzene rings is 2. The zero-order valence-corrected chi connectivity index (χ0v) is 10.2. The first-order valence-corrected chi connectivity index (χ1v) is 5.96. The molecule has 0 amide bonds. The second-order valence-electron chi connectivity index (χ2n) is 4.13. The molecule has 0 aromatic heterocycles. The Morgan fingerprint density at radius 2 is 1.83 bits per heavy atom. The van der Waals surface area contributed by atoms with Gasteiger partial charge >= 0.3 is 0 Å². The van der Waals surface area contributed by atoms with Crippen molar-refractivity contribution in [3.63, 3.8) is 0 Å². The van der Waals surface area contributed by atoms with Crippen molar-refractivity contribution >= 4 is 5.57 Å². The van der Waals surface area contributed by atoms with E-state index in [1.807, 2.05) is 36.4 Å². The number of ether oxygens (including phenoxy) is 2. The van der Waals surface area contributed by atoms with Gasteiger partial charge in [-0.3, -0.25) is 0 Å². The van der Waals surface area contributed by atoms with Crippen LogP contribution in [0.1, 0.15) is 11.1 Å². The molecule has 2 aromatic rings. The number of rotatable bonds is 2. The van der Waals surface area contributed by atoms with Gasteiger partial charge in [-0.25, -0.2) is 0 Å². The SMILES string of the molecule is COc1cccc2c1C(c1ccccc1)=CCO2. The number of hydrogen-bond acceptors (Lipinski definition) is 2. The summed E-state index contributed by atoms with van der Waals surface area (Å²) in [5.41, 5.74) is 3.40. The van der Waals surface area contributed by atoms with Crippen LogP contribution in [0.15, 0.2) is 54.6 Å². The van der Waals surface area contributed by atoms with E-state index in [1.54, 1.807) is 7.11 Å². The van der Waals surface area contributed by atoms with E-state index in [4.69, 9.17) is 9.47 Å². The summed E-state index contributed by atoms with van der Waals surface area (Å²) >= 11 is 0. The monoisotopic (exact) mass is 238 g/mol. The first kappa shape index (κ1) is 10.9. The molecule has 2 heteroatoms. The van der Waals surface area contributed by atoms with E-state index in [9.17, 15) is 0 Å². The van der Waals surface area contributed by atoms with E-state index in [-0.39, 0.29) is 0 Å². The molecule has 1 aliphatic heterocycles. The van der Waals surface area contributed by atoms with Crippen molar-refractivity contribution in [1.29, 1.82) is 0 Å². The molecule has 0 bridgehead atoms. The molecule has 0 radical (unpaired) electrons. The predicted molar refractivity (Wildman–Crippen MR) is 72.0 cm³/mol. The maximum atomic E-state index is 5.66. The fourth-order valence-electron chi connectivity index (χ4n) is 2.26. The minimum atomic E-state index is 0.602. The maximum absolute atomic E-state index is 5.66. The Kier molecular flexibility index (Phi) is 2.77. The fraction of sp³-hybridized carbons (Fsp3) is 0.125. The Balaban J connectivity index is 2.18. The maximum Gasteiger partial charge on any atom is 0.131 e. The third-order valence-corrected chi connectivity index (χ3v) is 3.09. The molecule has 3 rings (SSSR count). The van der Waals surface area contributed by atoms with Gasteiger partial charge in [0.25, 0.3) is 0 Å². The molecular weight excluding hydrogens is 224 g/mol. The molecule has 2 nitrogen and oxygen atoms in total. The first-order chi connectivity index (χ1) is 8.90. The van der Waals surface area contributed by atoms with Crippen LogP contribution in [0.25, 0.3) is 5.57 Å². The molecule has 0 unspecified atom stereocenters. The first-order valence-electron chi connectivity index (χ1n) is 5.96. The van der Waals surface area contributed by atoms with E-state index < -0.39 is 0 Å². The summed E-state index contributed by atoms with van der Waals surface area (Å²) in [5, 5.41) is 0. The van der Waals surface area contributed by atoms with Gasteiger partial charge in [0, 0.05) is 0 Å². The minimum absolute atomic E-state index is 0.602. The van der Waals surface area contributed by atoms with E-state index in [0.29, 0.717) is 6.61 Å². The van der Waals surface area contributed by atoms with Gasteiger partial charge in [0.2, 0.25) is 0 Å². The van der Waals surface area contributed by atoms with Crippen molar-refractivity contribution in [2.45, 2.75) is 0 Å². The van der Waals surface area contributed by atoms with Gasteiger partial charge in [0.05, 0.1) is 12.7 Å². The van der Waals surface area contributed by atoms with Crippen LogP contribution in [0.3, 0.4) is 0 Å². The molecule has 0 saturated carbocycles. The summed E-state index contributed by atoms with van der Waals surface area (Å²) in [4.78, 5) is 0. The molecule has 0 aliphatic carbocycles. The minimum Gasteiger partial charge on any atom is -0.496 e. The van der Waals surface area contributed by atoms with E-state index in [2.05, 4.69) is 18.2 Å². The second kappa shape index (κ2) is 4.57. The summed E-state index contributed by atoms with van der Waals surface area (Å²) in [6.07, 6.45) is 2.10. The smallest absolute Gasteiger partial charge is 0.131 e. The molecule has 0 N–H and O–H groups in total. The molecule has 1 heterocycles. The number of hydrogen-bond donors (Lipinski definition) is 0. The van der Waals surface area contributed by atoms with Crippen LogP contribution in [-0.2, 0) is 0 Å². The van der Waals surface area contributed by atoms with Crippen molar-refractivity contribution in [3.8, 4) is 11.5 Å². The highest BCUT2D eigenvalue weighted by atomic mass is 16.5. The third kappa shape index (κ3) is 1.76. The number of fused-ring (bicyclic) bond motifs is 1. The third-order valence-electron chi connectivity index (χ3n) is 3.09. The highest BCUT2D eigenvalue weighted by Crippen LogP contribution is 2.40. The average molecular weight is 238 g/mol. The Bertz CT molecular complexity index is 585. The summed E-state index contributed by atoms with van der Waals surface area (Å²) in [6, 6.07) is 16.2. The highest BCUT2D eigenvalue weighted by molar-refractivity contribution is 5.86.